The summed E-state index contributed by atoms with van der Waals surface area (Å²) < 4.78 is 0. The van der Waals surface area contributed by atoms with Crippen LogP contribution in [0.4, 0.5) is 0 Å². The lowest BCUT2D eigenvalue weighted by Gasteiger charge is -2.38. The monoisotopic (exact) mass is 286 g/mol. The summed E-state index contributed by atoms with van der Waals surface area (Å²) in [7, 11) is 0. The minimum absolute atomic E-state index is 0.694. The van der Waals surface area contributed by atoms with Crippen molar-refractivity contribution in [2.75, 3.05) is 19.6 Å². The van der Waals surface area contributed by atoms with Crippen LogP contribution in [0.2, 0.25) is 0 Å². The molecule has 0 radical (unpaired) electrons. The molecule has 2 nitrogen and oxygen atoms in total. The lowest BCUT2D eigenvalue weighted by atomic mass is 9.85. The summed E-state index contributed by atoms with van der Waals surface area (Å²) in [5.74, 6) is 1.77. The molecule has 0 aromatic heterocycles. The fourth-order valence-corrected chi connectivity index (χ4v) is 3.84. The van der Waals surface area contributed by atoms with Gasteiger partial charge in [0.25, 0.3) is 0 Å². The van der Waals surface area contributed by atoms with Crippen molar-refractivity contribution in [1.29, 1.82) is 0 Å². The van der Waals surface area contributed by atoms with Gasteiger partial charge >= 0.3 is 0 Å². The highest BCUT2D eigenvalue weighted by atomic mass is 15.2. The molecular weight excluding hydrogens is 256 g/mol. The van der Waals surface area contributed by atoms with Crippen molar-refractivity contribution in [2.45, 2.75) is 52.1 Å². The Hall–Kier alpha value is -0.860. The molecular formula is C19H30N2. The predicted octanol–water partition coefficient (Wildman–Crippen LogP) is 3.60. The van der Waals surface area contributed by atoms with E-state index in [-0.39, 0.29) is 0 Å². The van der Waals surface area contributed by atoms with Gasteiger partial charge in [-0.3, -0.25) is 4.90 Å². The molecule has 2 atom stereocenters. The minimum atomic E-state index is 0.694. The molecule has 3 rings (SSSR count). The van der Waals surface area contributed by atoms with E-state index in [1.807, 2.05) is 0 Å². The summed E-state index contributed by atoms with van der Waals surface area (Å²) in [6, 6.07) is 9.66. The van der Waals surface area contributed by atoms with E-state index in [1.54, 1.807) is 0 Å². The van der Waals surface area contributed by atoms with Gasteiger partial charge in [0, 0.05) is 25.7 Å². The molecule has 1 heterocycles. The number of nitrogens with one attached hydrogen (secondary N) is 1. The summed E-state index contributed by atoms with van der Waals surface area (Å²) in [6.07, 6.45) is 5.69. The zero-order valence-corrected chi connectivity index (χ0v) is 13.6. The highest BCUT2D eigenvalue weighted by molar-refractivity contribution is 5.22. The molecule has 1 N–H and O–H groups in total. The van der Waals surface area contributed by atoms with Crippen LogP contribution in [0.5, 0.6) is 0 Å². The Morgan fingerprint density at radius 1 is 1.24 bits per heavy atom. The zero-order chi connectivity index (χ0) is 14.7. The van der Waals surface area contributed by atoms with Crippen LogP contribution >= 0.6 is 0 Å². The topological polar surface area (TPSA) is 15.3 Å². The summed E-state index contributed by atoms with van der Waals surface area (Å²) >= 11 is 0. The number of hydrogen-bond acceptors (Lipinski definition) is 2. The molecule has 1 aliphatic carbocycles. The molecule has 1 aliphatic heterocycles. The standard InChI is InChI=1S/C19H30N2/c1-15-5-3-8-18(9-15)13-21-12-16(2)10-19(14-21)20-11-17-6-4-7-17/h3,5,8-9,16-17,19-20H,4,6-7,10-14H2,1-2H3. The zero-order valence-electron chi connectivity index (χ0n) is 13.6. The average Bonchev–Trinajstić information content (AvgIpc) is 2.36. The first-order chi connectivity index (χ1) is 10.2. The van der Waals surface area contributed by atoms with Gasteiger partial charge in [0.05, 0.1) is 0 Å². The fourth-order valence-electron chi connectivity index (χ4n) is 3.84. The van der Waals surface area contributed by atoms with Crippen LogP contribution in [-0.4, -0.2) is 30.6 Å². The maximum absolute atomic E-state index is 3.84. The molecule has 0 bridgehead atoms. The molecule has 1 aromatic carbocycles. The largest absolute Gasteiger partial charge is 0.312 e. The third-order valence-electron chi connectivity index (χ3n) is 5.14. The molecule has 2 heteroatoms. The molecule has 1 saturated heterocycles. The van der Waals surface area contributed by atoms with Crippen LogP contribution < -0.4 is 5.32 Å². The van der Waals surface area contributed by atoms with Crippen molar-refractivity contribution in [2.24, 2.45) is 11.8 Å². The normalized spacial score (nSPS) is 27.5. The fraction of sp³-hybridized carbons (Fsp3) is 0.684. The smallest absolute Gasteiger partial charge is 0.0234 e. The van der Waals surface area contributed by atoms with Crippen LogP contribution in [0.3, 0.4) is 0 Å². The SMILES string of the molecule is Cc1cccc(CN2CC(C)CC(NCC3CCC3)C2)c1. The van der Waals surface area contributed by atoms with Crippen molar-refractivity contribution in [1.82, 2.24) is 10.2 Å². The summed E-state index contributed by atoms with van der Waals surface area (Å²) in [6.45, 7) is 9.40. The van der Waals surface area contributed by atoms with E-state index in [9.17, 15) is 0 Å². The number of piperidine rings is 1. The lowest BCUT2D eigenvalue weighted by Crippen LogP contribution is -2.49. The molecule has 2 fully saturated rings. The van der Waals surface area contributed by atoms with E-state index in [0.29, 0.717) is 6.04 Å². The van der Waals surface area contributed by atoms with E-state index in [2.05, 4.69) is 48.3 Å². The van der Waals surface area contributed by atoms with Gasteiger partial charge in [-0.2, -0.15) is 0 Å². The molecule has 2 aliphatic rings. The van der Waals surface area contributed by atoms with Gasteiger partial charge in [0.2, 0.25) is 0 Å². The molecule has 0 amide bonds. The number of benzene rings is 1. The third-order valence-corrected chi connectivity index (χ3v) is 5.14. The first-order valence-corrected chi connectivity index (χ1v) is 8.70. The van der Waals surface area contributed by atoms with Crippen LogP contribution in [0.25, 0.3) is 0 Å². The van der Waals surface area contributed by atoms with Gasteiger partial charge in [-0.05, 0) is 50.1 Å². The second kappa shape index (κ2) is 6.93. The van der Waals surface area contributed by atoms with E-state index in [1.165, 1.54) is 56.4 Å². The number of hydrogen-bond donors (Lipinski definition) is 1. The number of likely N-dealkylation sites (tertiary alicyclic amines) is 1. The van der Waals surface area contributed by atoms with E-state index < -0.39 is 0 Å². The lowest BCUT2D eigenvalue weighted by molar-refractivity contribution is 0.136. The van der Waals surface area contributed by atoms with Crippen molar-refractivity contribution in [3.05, 3.63) is 35.4 Å². The molecule has 1 saturated carbocycles. The van der Waals surface area contributed by atoms with Crippen molar-refractivity contribution < 1.29 is 0 Å². The quantitative estimate of drug-likeness (QED) is 0.890. The summed E-state index contributed by atoms with van der Waals surface area (Å²) in [4.78, 5) is 2.64. The van der Waals surface area contributed by atoms with Crippen LogP contribution in [0.15, 0.2) is 24.3 Å². The van der Waals surface area contributed by atoms with Gasteiger partial charge < -0.3 is 5.32 Å². The van der Waals surface area contributed by atoms with Crippen molar-refractivity contribution in [3.63, 3.8) is 0 Å². The van der Waals surface area contributed by atoms with Gasteiger partial charge in [-0.25, -0.2) is 0 Å². The highest BCUT2D eigenvalue weighted by Gasteiger charge is 2.26. The number of nitrogens with zero attached hydrogens (tertiary/aromatic N) is 1. The van der Waals surface area contributed by atoms with Gasteiger partial charge in [0.1, 0.15) is 0 Å². The number of rotatable bonds is 5. The Kier molecular flexibility index (Phi) is 4.97. The number of aryl methyl sites for hydroxylation is 1. The predicted molar refractivity (Wildman–Crippen MR) is 89.4 cm³/mol. The van der Waals surface area contributed by atoms with Crippen LogP contribution in [-0.2, 0) is 6.54 Å². The second-order valence-electron chi connectivity index (χ2n) is 7.43. The van der Waals surface area contributed by atoms with E-state index >= 15 is 0 Å². The molecule has 1 aromatic rings. The molecule has 21 heavy (non-hydrogen) atoms. The average molecular weight is 286 g/mol. The maximum Gasteiger partial charge on any atom is 0.0234 e. The second-order valence-corrected chi connectivity index (χ2v) is 7.43. The Morgan fingerprint density at radius 2 is 2.10 bits per heavy atom. The Bertz CT molecular complexity index is 453. The van der Waals surface area contributed by atoms with E-state index in [4.69, 9.17) is 0 Å². The van der Waals surface area contributed by atoms with Crippen molar-refractivity contribution in [3.8, 4) is 0 Å². The molecule has 0 spiro atoms. The Morgan fingerprint density at radius 3 is 2.81 bits per heavy atom. The van der Waals surface area contributed by atoms with Gasteiger partial charge in [0.15, 0.2) is 0 Å². The molecule has 116 valence electrons. The summed E-state index contributed by atoms with van der Waals surface area (Å²) in [5.41, 5.74) is 2.83. The molecule has 2 unspecified atom stereocenters. The summed E-state index contributed by atoms with van der Waals surface area (Å²) in [5, 5.41) is 3.84. The van der Waals surface area contributed by atoms with Crippen LogP contribution in [0.1, 0.15) is 43.7 Å². The van der Waals surface area contributed by atoms with Crippen molar-refractivity contribution >= 4 is 0 Å². The van der Waals surface area contributed by atoms with Gasteiger partial charge in [-0.1, -0.05) is 43.2 Å². The van der Waals surface area contributed by atoms with Crippen LogP contribution in [0, 0.1) is 18.8 Å². The first kappa shape index (κ1) is 15.1. The Balaban J connectivity index is 1.52. The third kappa shape index (κ3) is 4.31. The van der Waals surface area contributed by atoms with Gasteiger partial charge in [-0.15, -0.1) is 0 Å². The van der Waals surface area contributed by atoms with E-state index in [0.717, 1.165) is 18.4 Å². The highest BCUT2D eigenvalue weighted by Crippen LogP contribution is 2.26. The first-order valence-electron chi connectivity index (χ1n) is 8.70. The Labute approximate surface area is 129 Å². The maximum atomic E-state index is 3.84. The minimum Gasteiger partial charge on any atom is -0.312 e.